The van der Waals surface area contributed by atoms with Crippen LogP contribution in [0, 0.1) is 6.92 Å². The summed E-state index contributed by atoms with van der Waals surface area (Å²) in [7, 11) is -1.62. The molecular weight excluding hydrogens is 458 g/mol. The van der Waals surface area contributed by atoms with E-state index < -0.39 is 9.84 Å². The smallest absolute Gasteiger partial charge is 0.256 e. The van der Waals surface area contributed by atoms with Crippen molar-refractivity contribution in [2.75, 3.05) is 11.6 Å². The number of benzene rings is 3. The van der Waals surface area contributed by atoms with Crippen molar-refractivity contribution < 1.29 is 13.2 Å². The average molecular weight is 480 g/mol. The van der Waals surface area contributed by atoms with Crippen molar-refractivity contribution >= 4 is 33.0 Å². The highest BCUT2D eigenvalue weighted by atomic mass is 35.5. The van der Waals surface area contributed by atoms with Crippen molar-refractivity contribution in [1.82, 2.24) is 9.78 Å². The number of carbonyl (C=O) groups is 1. The Kier molecular flexibility index (Phi) is 6.10. The number of aryl methyl sites for hydroxylation is 2. The van der Waals surface area contributed by atoms with Crippen LogP contribution in [-0.4, -0.2) is 30.4 Å². The average Bonchev–Trinajstić information content (AvgIpc) is 3.20. The molecule has 0 aliphatic rings. The van der Waals surface area contributed by atoms with Gasteiger partial charge in [0.1, 0.15) is 0 Å². The molecule has 1 heterocycles. The van der Waals surface area contributed by atoms with Gasteiger partial charge in [-0.15, -0.1) is 0 Å². The van der Waals surface area contributed by atoms with Crippen LogP contribution in [0.4, 0.5) is 5.69 Å². The monoisotopic (exact) mass is 479 g/mol. The molecule has 3 aromatic carbocycles. The highest BCUT2D eigenvalue weighted by molar-refractivity contribution is 7.90. The van der Waals surface area contributed by atoms with Crippen LogP contribution >= 0.6 is 11.6 Å². The molecule has 168 valence electrons. The number of halogens is 1. The third kappa shape index (κ3) is 4.99. The third-order valence-corrected chi connectivity index (χ3v) is 6.68. The van der Waals surface area contributed by atoms with Crippen LogP contribution in [0.25, 0.3) is 22.4 Å². The molecule has 1 N–H and O–H groups in total. The van der Waals surface area contributed by atoms with Crippen LogP contribution in [0.15, 0.2) is 77.8 Å². The van der Waals surface area contributed by atoms with E-state index in [1.807, 2.05) is 50.5 Å². The Bertz CT molecular complexity index is 1460. The first-order valence-electron chi connectivity index (χ1n) is 10.1. The molecule has 4 rings (SSSR count). The number of carbonyl (C=O) groups excluding carboxylic acids is 1. The van der Waals surface area contributed by atoms with Gasteiger partial charge in [-0.1, -0.05) is 41.4 Å². The van der Waals surface area contributed by atoms with Crippen molar-refractivity contribution in [3.05, 3.63) is 89.1 Å². The molecule has 0 spiro atoms. The van der Waals surface area contributed by atoms with Crippen molar-refractivity contribution in [2.45, 2.75) is 11.8 Å². The summed E-state index contributed by atoms with van der Waals surface area (Å²) in [5.74, 6) is -0.361. The summed E-state index contributed by atoms with van der Waals surface area (Å²) in [6.07, 6.45) is 2.96. The normalized spacial score (nSPS) is 11.4. The van der Waals surface area contributed by atoms with Crippen molar-refractivity contribution in [2.24, 2.45) is 7.05 Å². The summed E-state index contributed by atoms with van der Waals surface area (Å²) in [4.78, 5) is 13.4. The molecule has 4 aromatic rings. The lowest BCUT2D eigenvalue weighted by molar-refractivity contribution is 0.102. The van der Waals surface area contributed by atoms with E-state index >= 15 is 0 Å². The molecule has 8 heteroatoms. The van der Waals surface area contributed by atoms with Gasteiger partial charge in [-0.2, -0.15) is 5.10 Å². The number of amides is 1. The van der Waals surface area contributed by atoms with E-state index in [2.05, 4.69) is 10.4 Å². The number of aromatic nitrogens is 2. The Labute approximate surface area is 197 Å². The highest BCUT2D eigenvalue weighted by Crippen LogP contribution is 2.31. The van der Waals surface area contributed by atoms with E-state index in [-0.39, 0.29) is 10.8 Å². The van der Waals surface area contributed by atoms with E-state index in [1.54, 1.807) is 22.9 Å². The van der Waals surface area contributed by atoms with Gasteiger partial charge in [0.2, 0.25) is 0 Å². The van der Waals surface area contributed by atoms with Gasteiger partial charge in [0.15, 0.2) is 9.84 Å². The molecule has 0 radical (unpaired) electrons. The van der Waals surface area contributed by atoms with Gasteiger partial charge < -0.3 is 5.32 Å². The van der Waals surface area contributed by atoms with Gasteiger partial charge in [0.05, 0.1) is 15.6 Å². The van der Waals surface area contributed by atoms with Crippen molar-refractivity contribution in [3.63, 3.8) is 0 Å². The maximum atomic E-state index is 13.3. The molecule has 0 atom stereocenters. The lowest BCUT2D eigenvalue weighted by Gasteiger charge is -2.13. The summed E-state index contributed by atoms with van der Waals surface area (Å²) in [5, 5.41) is 7.79. The molecule has 0 aliphatic carbocycles. The van der Waals surface area contributed by atoms with Crippen LogP contribution in [-0.2, 0) is 16.9 Å². The molecule has 6 nitrogen and oxygen atoms in total. The van der Waals surface area contributed by atoms with E-state index in [0.717, 1.165) is 17.4 Å². The quantitative estimate of drug-likeness (QED) is 0.417. The molecule has 0 fully saturated rings. The second kappa shape index (κ2) is 8.84. The van der Waals surface area contributed by atoms with Gasteiger partial charge in [-0.05, 0) is 60.5 Å². The third-order valence-electron chi connectivity index (χ3n) is 5.24. The maximum absolute atomic E-state index is 13.3. The number of anilines is 1. The van der Waals surface area contributed by atoms with E-state index in [0.29, 0.717) is 33.1 Å². The molecule has 0 aliphatic heterocycles. The van der Waals surface area contributed by atoms with Crippen LogP contribution in [0.1, 0.15) is 15.9 Å². The minimum absolute atomic E-state index is 0.151. The number of hydrogen-bond acceptors (Lipinski definition) is 4. The highest BCUT2D eigenvalue weighted by Gasteiger charge is 2.18. The summed E-state index contributed by atoms with van der Waals surface area (Å²) in [5.41, 5.74) is 4.65. The molecule has 0 saturated carbocycles. The fourth-order valence-corrected chi connectivity index (χ4v) is 4.34. The zero-order valence-electron chi connectivity index (χ0n) is 18.3. The molecule has 33 heavy (non-hydrogen) atoms. The fraction of sp³-hybridized carbons (Fsp3) is 0.120. The fourth-order valence-electron chi connectivity index (χ4n) is 3.48. The van der Waals surface area contributed by atoms with E-state index in [4.69, 9.17) is 11.6 Å². The first-order valence-corrected chi connectivity index (χ1v) is 12.4. The Morgan fingerprint density at radius 1 is 0.970 bits per heavy atom. The molecule has 1 amide bonds. The first kappa shape index (κ1) is 22.8. The van der Waals surface area contributed by atoms with E-state index in [9.17, 15) is 13.2 Å². The number of hydrogen-bond donors (Lipinski definition) is 1. The molecule has 0 saturated heterocycles. The van der Waals surface area contributed by atoms with Gasteiger partial charge in [0, 0.05) is 36.3 Å². The van der Waals surface area contributed by atoms with Gasteiger partial charge in [-0.25, -0.2) is 8.42 Å². The topological polar surface area (TPSA) is 81.1 Å². The second-order valence-electron chi connectivity index (χ2n) is 7.87. The van der Waals surface area contributed by atoms with Crippen LogP contribution in [0.3, 0.4) is 0 Å². The van der Waals surface area contributed by atoms with E-state index in [1.165, 1.54) is 18.2 Å². The number of rotatable bonds is 5. The second-order valence-corrected chi connectivity index (χ2v) is 10.3. The largest absolute Gasteiger partial charge is 0.322 e. The number of nitrogens with zero attached hydrogens (tertiary/aromatic N) is 2. The van der Waals surface area contributed by atoms with Crippen LogP contribution < -0.4 is 5.32 Å². The Balaban J connectivity index is 1.73. The lowest BCUT2D eigenvalue weighted by atomic mass is 9.98. The SMILES string of the molecule is Cc1ccc(-c2cc(S(C)(=O)=O)ccc2C(=O)Nc2ccc(Cl)c(-c3ccn(C)n3)c2)cc1. The van der Waals surface area contributed by atoms with Crippen molar-refractivity contribution in [3.8, 4) is 22.4 Å². The standard InChI is InChI=1S/C25H22ClN3O3S/c1-16-4-6-17(7-5-16)21-15-19(33(3,31)32)9-10-20(21)25(30)27-18-8-11-23(26)22(14-18)24-12-13-29(2)28-24/h4-15H,1-3H3,(H,27,30). The minimum atomic E-state index is -3.44. The maximum Gasteiger partial charge on any atom is 0.256 e. The Hall–Kier alpha value is -3.42. The van der Waals surface area contributed by atoms with Crippen LogP contribution in [0.5, 0.6) is 0 Å². The molecular formula is C25H22ClN3O3S. The van der Waals surface area contributed by atoms with Gasteiger partial charge >= 0.3 is 0 Å². The Morgan fingerprint density at radius 2 is 1.70 bits per heavy atom. The molecule has 1 aromatic heterocycles. The number of nitrogens with one attached hydrogen (secondary N) is 1. The minimum Gasteiger partial charge on any atom is -0.322 e. The first-order chi connectivity index (χ1) is 15.6. The number of sulfone groups is 1. The summed E-state index contributed by atoms with van der Waals surface area (Å²) in [6.45, 7) is 1.96. The Morgan fingerprint density at radius 3 is 2.33 bits per heavy atom. The summed E-state index contributed by atoms with van der Waals surface area (Å²) < 4.78 is 25.9. The summed E-state index contributed by atoms with van der Waals surface area (Å²) in [6, 6.07) is 19.1. The predicted molar refractivity (Wildman–Crippen MR) is 131 cm³/mol. The molecule has 0 unspecified atom stereocenters. The van der Waals surface area contributed by atoms with Crippen molar-refractivity contribution in [1.29, 1.82) is 0 Å². The lowest BCUT2D eigenvalue weighted by Crippen LogP contribution is -2.14. The predicted octanol–water partition coefficient (Wildman–Crippen LogP) is 5.37. The zero-order valence-corrected chi connectivity index (χ0v) is 19.9. The molecule has 0 bridgehead atoms. The van der Waals surface area contributed by atoms with Gasteiger partial charge in [-0.3, -0.25) is 9.48 Å². The van der Waals surface area contributed by atoms with Gasteiger partial charge in [0.25, 0.3) is 5.91 Å². The summed E-state index contributed by atoms with van der Waals surface area (Å²) >= 11 is 6.35. The van der Waals surface area contributed by atoms with Crippen LogP contribution in [0.2, 0.25) is 5.02 Å². The zero-order chi connectivity index (χ0) is 23.8.